The summed E-state index contributed by atoms with van der Waals surface area (Å²) in [5.74, 6) is 2.32. The predicted molar refractivity (Wildman–Crippen MR) is 103 cm³/mol. The average Bonchev–Trinajstić information content (AvgIpc) is 2.65. The lowest BCUT2D eigenvalue weighted by Crippen LogP contribution is -2.32. The van der Waals surface area contributed by atoms with E-state index >= 15 is 0 Å². The molecule has 130 valence electrons. The first-order valence-corrected chi connectivity index (χ1v) is 8.92. The molecular formula is C23H22N2O. The summed E-state index contributed by atoms with van der Waals surface area (Å²) in [6.45, 7) is 2.09. The van der Waals surface area contributed by atoms with Crippen molar-refractivity contribution in [2.24, 2.45) is 5.92 Å². The molecule has 0 spiro atoms. The summed E-state index contributed by atoms with van der Waals surface area (Å²) in [6, 6.07) is 16.8. The number of aryl methyl sites for hydroxylation is 1. The lowest BCUT2D eigenvalue weighted by atomic mass is 9.75. The number of hydrogen-bond donors (Lipinski definition) is 0. The molecule has 0 amide bonds. The molecule has 4 rings (SSSR count). The zero-order chi connectivity index (χ0) is 18.3. The number of hydrogen-bond acceptors (Lipinski definition) is 3. The standard InChI is InChI=1S/C23H22N2O/c1-15-4-10-19-21(12-15)26-22-13-18(25(2)3)9-11-20(22)23(19)17-7-5-16(14-24)6-8-17/h4-13,18,20,23H,1-3H3. The van der Waals surface area contributed by atoms with E-state index in [1.165, 1.54) is 16.7 Å². The summed E-state index contributed by atoms with van der Waals surface area (Å²) in [6.07, 6.45) is 6.73. The van der Waals surface area contributed by atoms with Gasteiger partial charge < -0.3 is 4.74 Å². The minimum Gasteiger partial charge on any atom is -0.461 e. The number of likely N-dealkylation sites (N-methyl/N-ethyl adjacent to an activating group) is 1. The topological polar surface area (TPSA) is 36.3 Å². The van der Waals surface area contributed by atoms with Gasteiger partial charge in [0.05, 0.1) is 11.6 Å². The summed E-state index contributed by atoms with van der Waals surface area (Å²) in [4.78, 5) is 2.17. The molecule has 2 aliphatic rings. The van der Waals surface area contributed by atoms with Crippen LogP contribution in [0.5, 0.6) is 5.75 Å². The third kappa shape index (κ3) is 2.83. The Hall–Kier alpha value is -2.83. The van der Waals surface area contributed by atoms with Gasteiger partial charge in [-0.2, -0.15) is 5.26 Å². The van der Waals surface area contributed by atoms with E-state index in [1.54, 1.807) is 0 Å². The molecule has 3 unspecified atom stereocenters. The molecule has 0 N–H and O–H groups in total. The molecule has 26 heavy (non-hydrogen) atoms. The van der Waals surface area contributed by atoms with Crippen LogP contribution in [0.15, 0.2) is 66.5 Å². The van der Waals surface area contributed by atoms with E-state index in [-0.39, 0.29) is 17.9 Å². The lowest BCUT2D eigenvalue weighted by Gasteiger charge is -2.37. The van der Waals surface area contributed by atoms with Crippen LogP contribution in [0.1, 0.15) is 28.2 Å². The lowest BCUT2D eigenvalue weighted by molar-refractivity contribution is 0.300. The summed E-state index contributed by atoms with van der Waals surface area (Å²) < 4.78 is 6.32. The fourth-order valence-electron chi connectivity index (χ4n) is 3.82. The van der Waals surface area contributed by atoms with Crippen molar-refractivity contribution in [1.29, 1.82) is 5.26 Å². The van der Waals surface area contributed by atoms with Crippen LogP contribution in [0, 0.1) is 24.2 Å². The van der Waals surface area contributed by atoms with Gasteiger partial charge in [0, 0.05) is 23.4 Å². The number of ether oxygens (including phenoxy) is 1. The number of rotatable bonds is 2. The van der Waals surface area contributed by atoms with Crippen LogP contribution in [-0.4, -0.2) is 25.0 Å². The molecule has 3 nitrogen and oxygen atoms in total. The third-order valence-corrected chi connectivity index (χ3v) is 5.27. The van der Waals surface area contributed by atoms with Gasteiger partial charge in [-0.1, -0.05) is 36.4 Å². The third-order valence-electron chi connectivity index (χ3n) is 5.27. The first-order valence-electron chi connectivity index (χ1n) is 8.92. The molecular weight excluding hydrogens is 320 g/mol. The average molecular weight is 342 g/mol. The Morgan fingerprint density at radius 2 is 1.81 bits per heavy atom. The van der Waals surface area contributed by atoms with E-state index in [4.69, 9.17) is 10.00 Å². The van der Waals surface area contributed by atoms with Crippen LogP contribution in [0.25, 0.3) is 0 Å². The minimum absolute atomic E-state index is 0.175. The van der Waals surface area contributed by atoms with Gasteiger partial charge in [-0.3, -0.25) is 4.90 Å². The SMILES string of the molecule is Cc1ccc2c(c1)OC1=CC(N(C)C)C=CC1C2c1ccc(C#N)cc1. The van der Waals surface area contributed by atoms with Crippen molar-refractivity contribution in [3.05, 3.63) is 88.7 Å². The molecule has 1 aliphatic heterocycles. The Kier molecular flexibility index (Phi) is 4.14. The smallest absolute Gasteiger partial charge is 0.131 e. The van der Waals surface area contributed by atoms with Crippen molar-refractivity contribution in [2.45, 2.75) is 18.9 Å². The van der Waals surface area contributed by atoms with Crippen LogP contribution < -0.4 is 4.74 Å². The van der Waals surface area contributed by atoms with Gasteiger partial charge in [0.1, 0.15) is 11.5 Å². The number of nitriles is 1. The van der Waals surface area contributed by atoms with Crippen LogP contribution in [0.4, 0.5) is 0 Å². The van der Waals surface area contributed by atoms with Gasteiger partial charge in [0.2, 0.25) is 0 Å². The van der Waals surface area contributed by atoms with Gasteiger partial charge in [-0.15, -0.1) is 0 Å². The molecule has 0 radical (unpaired) electrons. The molecule has 0 saturated heterocycles. The Morgan fingerprint density at radius 3 is 2.50 bits per heavy atom. The van der Waals surface area contributed by atoms with Gasteiger partial charge >= 0.3 is 0 Å². The molecule has 1 heterocycles. The van der Waals surface area contributed by atoms with E-state index in [0.717, 1.165) is 11.5 Å². The van der Waals surface area contributed by atoms with Crippen molar-refractivity contribution in [1.82, 2.24) is 4.90 Å². The molecule has 0 saturated carbocycles. The van der Waals surface area contributed by atoms with Crippen molar-refractivity contribution in [2.75, 3.05) is 14.1 Å². The maximum Gasteiger partial charge on any atom is 0.131 e. The summed E-state index contributed by atoms with van der Waals surface area (Å²) in [7, 11) is 4.15. The number of fused-ring (bicyclic) bond motifs is 2. The van der Waals surface area contributed by atoms with Gasteiger partial charge in [-0.25, -0.2) is 0 Å². The van der Waals surface area contributed by atoms with Gasteiger partial charge in [-0.05, 0) is 56.4 Å². The van der Waals surface area contributed by atoms with Crippen LogP contribution >= 0.6 is 0 Å². The van der Waals surface area contributed by atoms with Gasteiger partial charge in [0.15, 0.2) is 0 Å². The highest BCUT2D eigenvalue weighted by Crippen LogP contribution is 2.47. The van der Waals surface area contributed by atoms with Crippen molar-refractivity contribution >= 4 is 0 Å². The quantitative estimate of drug-likeness (QED) is 0.760. The van der Waals surface area contributed by atoms with Crippen LogP contribution in [0.2, 0.25) is 0 Å². The molecule has 0 fully saturated rings. The first-order chi connectivity index (χ1) is 12.6. The molecule has 0 aromatic heterocycles. The molecule has 2 aromatic carbocycles. The van der Waals surface area contributed by atoms with E-state index in [9.17, 15) is 0 Å². The molecule has 3 heteroatoms. The van der Waals surface area contributed by atoms with Crippen molar-refractivity contribution in [3.63, 3.8) is 0 Å². The largest absolute Gasteiger partial charge is 0.461 e. The Labute approximate surface area is 154 Å². The van der Waals surface area contributed by atoms with E-state index in [2.05, 4.69) is 80.5 Å². The number of benzene rings is 2. The molecule has 1 aliphatic carbocycles. The fourth-order valence-corrected chi connectivity index (χ4v) is 3.82. The Bertz CT molecular complexity index is 932. The number of allylic oxidation sites excluding steroid dienone is 1. The zero-order valence-corrected chi connectivity index (χ0v) is 15.3. The van der Waals surface area contributed by atoms with Crippen molar-refractivity contribution < 1.29 is 4.74 Å². The predicted octanol–water partition coefficient (Wildman–Crippen LogP) is 4.39. The highest BCUT2D eigenvalue weighted by atomic mass is 16.5. The summed E-state index contributed by atoms with van der Waals surface area (Å²) in [5.41, 5.74) is 4.29. The number of nitrogens with zero attached hydrogens (tertiary/aromatic N) is 2. The second kappa shape index (κ2) is 6.48. The summed E-state index contributed by atoms with van der Waals surface area (Å²) in [5, 5.41) is 9.10. The maximum atomic E-state index is 9.10. The highest BCUT2D eigenvalue weighted by Gasteiger charge is 2.36. The summed E-state index contributed by atoms with van der Waals surface area (Å²) >= 11 is 0. The van der Waals surface area contributed by atoms with E-state index in [1.807, 2.05) is 12.1 Å². The van der Waals surface area contributed by atoms with Gasteiger partial charge in [0.25, 0.3) is 0 Å². The second-order valence-electron chi connectivity index (χ2n) is 7.29. The zero-order valence-electron chi connectivity index (χ0n) is 15.3. The Balaban J connectivity index is 1.84. The van der Waals surface area contributed by atoms with Crippen LogP contribution in [-0.2, 0) is 0 Å². The minimum atomic E-state index is 0.175. The molecule has 3 atom stereocenters. The van der Waals surface area contributed by atoms with Crippen molar-refractivity contribution in [3.8, 4) is 11.8 Å². The second-order valence-corrected chi connectivity index (χ2v) is 7.29. The van der Waals surface area contributed by atoms with E-state index in [0.29, 0.717) is 5.56 Å². The Morgan fingerprint density at radius 1 is 1.04 bits per heavy atom. The first kappa shape index (κ1) is 16.6. The van der Waals surface area contributed by atoms with E-state index < -0.39 is 0 Å². The monoisotopic (exact) mass is 342 g/mol. The molecule has 0 bridgehead atoms. The normalized spacial score (nSPS) is 23.5. The van der Waals surface area contributed by atoms with Crippen LogP contribution in [0.3, 0.4) is 0 Å². The molecule has 2 aromatic rings. The fraction of sp³-hybridized carbons (Fsp3) is 0.261. The maximum absolute atomic E-state index is 9.10. The highest BCUT2D eigenvalue weighted by molar-refractivity contribution is 5.51.